The molecule has 3 heteroatoms. The molecule has 118 valence electrons. The van der Waals surface area contributed by atoms with Crippen molar-refractivity contribution in [2.45, 2.75) is 53.9 Å². The van der Waals surface area contributed by atoms with Crippen LogP contribution in [0.25, 0.3) is 0 Å². The highest BCUT2D eigenvalue weighted by Gasteiger charge is 2.18. The summed E-state index contributed by atoms with van der Waals surface area (Å²) in [6.07, 6.45) is 0. The molecule has 0 bridgehead atoms. The van der Waals surface area contributed by atoms with Crippen LogP contribution in [0.15, 0.2) is 12.1 Å². The van der Waals surface area contributed by atoms with Crippen LogP contribution in [0.5, 0.6) is 0 Å². The molecule has 1 aromatic carbocycles. The number of quaternary nitrogens is 1. The quantitative estimate of drug-likeness (QED) is 0.858. The average Bonchev–Trinajstić information content (AvgIpc) is 2.38. The molecule has 0 aliphatic heterocycles. The van der Waals surface area contributed by atoms with Crippen molar-refractivity contribution in [3.63, 3.8) is 0 Å². The third-order valence-electron chi connectivity index (χ3n) is 4.07. The van der Waals surface area contributed by atoms with E-state index in [1.54, 1.807) is 0 Å². The molecule has 0 aliphatic rings. The van der Waals surface area contributed by atoms with Gasteiger partial charge in [-0.15, -0.1) is 0 Å². The van der Waals surface area contributed by atoms with Crippen LogP contribution in [0.1, 0.15) is 51.3 Å². The van der Waals surface area contributed by atoms with Gasteiger partial charge in [0.25, 0.3) is 5.91 Å². The van der Waals surface area contributed by atoms with E-state index in [0.29, 0.717) is 6.54 Å². The average molecular weight is 291 g/mol. The van der Waals surface area contributed by atoms with Gasteiger partial charge in [-0.2, -0.15) is 0 Å². The lowest BCUT2D eigenvalue weighted by Crippen LogP contribution is -3.12. The van der Waals surface area contributed by atoms with Crippen molar-refractivity contribution in [2.75, 3.05) is 25.0 Å². The molecule has 21 heavy (non-hydrogen) atoms. The van der Waals surface area contributed by atoms with E-state index in [1.165, 1.54) is 10.5 Å². The summed E-state index contributed by atoms with van der Waals surface area (Å²) in [4.78, 5) is 13.5. The molecule has 0 aromatic heterocycles. The Labute approximate surface area is 129 Å². The van der Waals surface area contributed by atoms with E-state index in [4.69, 9.17) is 0 Å². The topological polar surface area (TPSA) is 33.5 Å². The molecule has 3 nitrogen and oxygen atoms in total. The van der Waals surface area contributed by atoms with Crippen molar-refractivity contribution < 1.29 is 9.69 Å². The second-order valence-corrected chi connectivity index (χ2v) is 6.92. The predicted molar refractivity (Wildman–Crippen MR) is 90.2 cm³/mol. The summed E-state index contributed by atoms with van der Waals surface area (Å²) in [6.45, 7) is 17.5. The zero-order valence-corrected chi connectivity index (χ0v) is 14.7. The van der Waals surface area contributed by atoms with E-state index in [1.807, 2.05) is 0 Å². The van der Waals surface area contributed by atoms with Crippen LogP contribution in [-0.4, -0.2) is 25.5 Å². The number of hydrogen-bond donors (Lipinski definition) is 2. The van der Waals surface area contributed by atoms with E-state index in [9.17, 15) is 4.79 Å². The summed E-state index contributed by atoms with van der Waals surface area (Å²) in [6, 6.07) is 4.37. The second-order valence-electron chi connectivity index (χ2n) is 6.92. The fourth-order valence-corrected chi connectivity index (χ4v) is 2.50. The van der Waals surface area contributed by atoms with Crippen LogP contribution < -0.4 is 10.2 Å². The number of amides is 1. The lowest BCUT2D eigenvalue weighted by atomic mass is 9.85. The molecule has 0 fully saturated rings. The Bertz CT molecular complexity index is 473. The zero-order valence-electron chi connectivity index (χ0n) is 14.7. The SMILES string of the molecule is CC[NH+](CC)CC(=O)Nc1c(C)cc(C(C)(C)C)cc1C. The molecule has 0 saturated carbocycles. The van der Waals surface area contributed by atoms with Gasteiger partial charge in [0, 0.05) is 5.69 Å². The minimum atomic E-state index is 0.100. The highest BCUT2D eigenvalue weighted by molar-refractivity contribution is 5.93. The van der Waals surface area contributed by atoms with Crippen LogP contribution in [0.2, 0.25) is 0 Å². The van der Waals surface area contributed by atoms with E-state index in [2.05, 4.69) is 65.9 Å². The van der Waals surface area contributed by atoms with Crippen LogP contribution >= 0.6 is 0 Å². The van der Waals surface area contributed by atoms with Gasteiger partial charge in [0.2, 0.25) is 0 Å². The first kappa shape index (κ1) is 17.7. The second kappa shape index (κ2) is 7.08. The monoisotopic (exact) mass is 291 g/mol. The smallest absolute Gasteiger partial charge is 0.279 e. The predicted octanol–water partition coefficient (Wildman–Crippen LogP) is 2.46. The lowest BCUT2D eigenvalue weighted by molar-refractivity contribution is -0.888. The maximum absolute atomic E-state index is 12.2. The lowest BCUT2D eigenvalue weighted by Gasteiger charge is -2.23. The van der Waals surface area contributed by atoms with E-state index in [0.717, 1.165) is 29.9 Å². The Hall–Kier alpha value is -1.35. The summed E-state index contributed by atoms with van der Waals surface area (Å²) >= 11 is 0. The van der Waals surface area contributed by atoms with Gasteiger partial charge < -0.3 is 10.2 Å². The normalized spacial score (nSPS) is 11.8. The van der Waals surface area contributed by atoms with Crippen LogP contribution in [0.3, 0.4) is 0 Å². The minimum Gasteiger partial charge on any atom is -0.328 e. The van der Waals surface area contributed by atoms with Gasteiger partial charge in [-0.05, 0) is 49.8 Å². The molecule has 1 rings (SSSR count). The van der Waals surface area contributed by atoms with Gasteiger partial charge in [-0.1, -0.05) is 32.9 Å². The maximum Gasteiger partial charge on any atom is 0.279 e. The molecule has 0 unspecified atom stereocenters. The van der Waals surface area contributed by atoms with E-state index < -0.39 is 0 Å². The maximum atomic E-state index is 12.2. The molecule has 1 amide bonds. The Morgan fingerprint density at radius 3 is 1.95 bits per heavy atom. The Kier molecular flexibility index (Phi) is 5.97. The van der Waals surface area contributed by atoms with Crippen molar-refractivity contribution in [2.24, 2.45) is 0 Å². The van der Waals surface area contributed by atoms with Gasteiger partial charge in [0.15, 0.2) is 6.54 Å². The van der Waals surface area contributed by atoms with Gasteiger partial charge in [0.05, 0.1) is 13.1 Å². The number of benzene rings is 1. The van der Waals surface area contributed by atoms with Crippen molar-refractivity contribution in [3.05, 3.63) is 28.8 Å². The first-order valence-corrected chi connectivity index (χ1v) is 7.94. The molecule has 0 saturated heterocycles. The number of carbonyl (C=O) groups is 1. The largest absolute Gasteiger partial charge is 0.328 e. The standard InChI is InChI=1S/C18H30N2O/c1-8-20(9-2)12-16(21)19-17-13(3)10-15(11-14(17)4)18(5,6)7/h10-11H,8-9,12H2,1-7H3,(H,19,21)/p+1. The number of carbonyl (C=O) groups excluding carboxylic acids is 1. The number of likely N-dealkylation sites (N-methyl/N-ethyl adjacent to an activating group) is 1. The van der Waals surface area contributed by atoms with Crippen molar-refractivity contribution in [1.29, 1.82) is 0 Å². The van der Waals surface area contributed by atoms with Crippen LogP contribution in [0.4, 0.5) is 5.69 Å². The van der Waals surface area contributed by atoms with Crippen molar-refractivity contribution in [3.8, 4) is 0 Å². The van der Waals surface area contributed by atoms with Gasteiger partial charge in [-0.25, -0.2) is 0 Å². The minimum absolute atomic E-state index is 0.100. The molecule has 0 atom stereocenters. The molecular weight excluding hydrogens is 260 g/mol. The summed E-state index contributed by atoms with van der Waals surface area (Å²) in [5, 5.41) is 3.10. The highest BCUT2D eigenvalue weighted by Crippen LogP contribution is 2.29. The molecule has 0 aliphatic carbocycles. The Balaban J connectivity index is 2.92. The zero-order chi connectivity index (χ0) is 16.2. The first-order chi connectivity index (χ1) is 9.68. The summed E-state index contributed by atoms with van der Waals surface area (Å²) in [7, 11) is 0. The molecular formula is C18H31N2O+. The Morgan fingerprint density at radius 1 is 1.10 bits per heavy atom. The number of hydrogen-bond acceptors (Lipinski definition) is 1. The number of rotatable bonds is 5. The molecule has 0 spiro atoms. The fourth-order valence-electron chi connectivity index (χ4n) is 2.50. The van der Waals surface area contributed by atoms with Gasteiger partial charge >= 0.3 is 0 Å². The van der Waals surface area contributed by atoms with Crippen molar-refractivity contribution in [1.82, 2.24) is 0 Å². The van der Waals surface area contributed by atoms with E-state index in [-0.39, 0.29) is 11.3 Å². The van der Waals surface area contributed by atoms with Crippen LogP contribution in [-0.2, 0) is 10.2 Å². The summed E-state index contributed by atoms with van der Waals surface area (Å²) < 4.78 is 0. The molecule has 0 radical (unpaired) electrons. The number of anilines is 1. The van der Waals surface area contributed by atoms with Crippen molar-refractivity contribution >= 4 is 11.6 Å². The number of aryl methyl sites for hydroxylation is 2. The van der Waals surface area contributed by atoms with Crippen LogP contribution in [0, 0.1) is 13.8 Å². The Morgan fingerprint density at radius 2 is 1.57 bits per heavy atom. The highest BCUT2D eigenvalue weighted by atomic mass is 16.2. The van der Waals surface area contributed by atoms with E-state index >= 15 is 0 Å². The molecule has 0 heterocycles. The summed E-state index contributed by atoms with van der Waals surface area (Å²) in [5.74, 6) is 0.100. The third-order valence-corrected chi connectivity index (χ3v) is 4.07. The number of nitrogens with one attached hydrogen (secondary N) is 2. The molecule has 1 aromatic rings. The first-order valence-electron chi connectivity index (χ1n) is 7.94. The van der Waals surface area contributed by atoms with Gasteiger partial charge in [0.1, 0.15) is 0 Å². The van der Waals surface area contributed by atoms with Gasteiger partial charge in [-0.3, -0.25) is 4.79 Å². The molecule has 2 N–H and O–H groups in total. The fraction of sp³-hybridized carbons (Fsp3) is 0.611. The summed E-state index contributed by atoms with van der Waals surface area (Å²) in [5.41, 5.74) is 4.69. The third kappa shape index (κ3) is 4.85.